The number of hydrogen-bond donors (Lipinski definition) is 2. The van der Waals surface area contributed by atoms with E-state index in [1.165, 1.54) is 6.07 Å². The van der Waals surface area contributed by atoms with Gasteiger partial charge in [-0.2, -0.15) is 0 Å². The van der Waals surface area contributed by atoms with Gasteiger partial charge in [-0.25, -0.2) is 8.78 Å². The molecule has 0 radical (unpaired) electrons. The van der Waals surface area contributed by atoms with Gasteiger partial charge in [-0.3, -0.25) is 4.79 Å². The van der Waals surface area contributed by atoms with Crippen LogP contribution in [0.2, 0.25) is 0 Å². The maximum absolute atomic E-state index is 13.5. The lowest BCUT2D eigenvalue weighted by Crippen LogP contribution is -2.24. The lowest BCUT2D eigenvalue weighted by Gasteiger charge is -2.08. The molecule has 0 saturated carbocycles. The Morgan fingerprint density at radius 3 is 2.70 bits per heavy atom. The molecular formula is C18H20F2N2O. The van der Waals surface area contributed by atoms with Gasteiger partial charge in [0.2, 0.25) is 0 Å². The Hall–Kier alpha value is -2.27. The molecule has 2 N–H and O–H groups in total. The Kier molecular flexibility index (Phi) is 6.23. The zero-order valence-corrected chi connectivity index (χ0v) is 13.0. The number of carbonyl (C=O) groups is 1. The summed E-state index contributed by atoms with van der Waals surface area (Å²) in [7, 11) is 0. The van der Waals surface area contributed by atoms with Gasteiger partial charge in [0.1, 0.15) is 11.6 Å². The predicted molar refractivity (Wildman–Crippen MR) is 86.0 cm³/mol. The maximum Gasteiger partial charge on any atom is 0.251 e. The molecular weight excluding hydrogens is 298 g/mol. The molecule has 2 rings (SSSR count). The number of benzene rings is 2. The number of rotatable bonds is 7. The van der Waals surface area contributed by atoms with E-state index in [-0.39, 0.29) is 18.0 Å². The topological polar surface area (TPSA) is 41.1 Å². The Labute approximate surface area is 134 Å². The normalized spacial score (nSPS) is 10.6. The van der Waals surface area contributed by atoms with Crippen LogP contribution in [0.3, 0.4) is 0 Å². The minimum Gasteiger partial charge on any atom is -0.352 e. The van der Waals surface area contributed by atoms with Gasteiger partial charge in [0, 0.05) is 30.8 Å². The number of carbonyl (C=O) groups excluding carboxylic acids is 1. The van der Waals surface area contributed by atoms with Gasteiger partial charge in [-0.15, -0.1) is 0 Å². The van der Waals surface area contributed by atoms with Crippen molar-refractivity contribution in [1.82, 2.24) is 10.6 Å². The summed E-state index contributed by atoms with van der Waals surface area (Å²) >= 11 is 0. The van der Waals surface area contributed by atoms with Gasteiger partial charge in [0.25, 0.3) is 5.91 Å². The van der Waals surface area contributed by atoms with E-state index in [4.69, 9.17) is 0 Å². The van der Waals surface area contributed by atoms with Gasteiger partial charge >= 0.3 is 0 Å². The fourth-order valence-electron chi connectivity index (χ4n) is 2.18. The van der Waals surface area contributed by atoms with Crippen LogP contribution in [-0.4, -0.2) is 12.5 Å². The van der Waals surface area contributed by atoms with E-state index in [2.05, 4.69) is 10.6 Å². The van der Waals surface area contributed by atoms with Crippen molar-refractivity contribution in [3.05, 3.63) is 70.8 Å². The number of amides is 1. The van der Waals surface area contributed by atoms with Gasteiger partial charge in [-0.1, -0.05) is 19.1 Å². The molecule has 0 spiro atoms. The Balaban J connectivity index is 1.93. The summed E-state index contributed by atoms with van der Waals surface area (Å²) in [4.78, 5) is 11.9. The molecule has 2 aromatic carbocycles. The van der Waals surface area contributed by atoms with Crippen LogP contribution < -0.4 is 10.6 Å². The molecule has 0 aliphatic rings. The minimum atomic E-state index is -0.460. The summed E-state index contributed by atoms with van der Waals surface area (Å²) in [6, 6.07) is 10.6. The van der Waals surface area contributed by atoms with Crippen LogP contribution >= 0.6 is 0 Å². The highest BCUT2D eigenvalue weighted by atomic mass is 19.1. The maximum atomic E-state index is 13.5. The first-order valence-electron chi connectivity index (χ1n) is 7.62. The minimum absolute atomic E-state index is 0.107. The molecule has 0 atom stereocenters. The summed E-state index contributed by atoms with van der Waals surface area (Å²) in [5, 5.41) is 5.88. The smallest absolute Gasteiger partial charge is 0.251 e. The number of halogens is 2. The Morgan fingerprint density at radius 2 is 1.91 bits per heavy atom. The van der Waals surface area contributed by atoms with E-state index in [1.54, 1.807) is 18.2 Å². The number of hydrogen-bond acceptors (Lipinski definition) is 2. The fourth-order valence-corrected chi connectivity index (χ4v) is 2.18. The highest BCUT2D eigenvalue weighted by Crippen LogP contribution is 2.10. The van der Waals surface area contributed by atoms with Crippen LogP contribution in [0.25, 0.3) is 0 Å². The molecule has 5 heteroatoms. The van der Waals surface area contributed by atoms with Crippen LogP contribution in [0.5, 0.6) is 0 Å². The largest absolute Gasteiger partial charge is 0.352 e. The molecule has 0 aliphatic carbocycles. The van der Waals surface area contributed by atoms with Gasteiger partial charge < -0.3 is 10.6 Å². The SMILES string of the molecule is CCCNC(=O)c1cccc(CNCc2cc(F)ccc2F)c1. The van der Waals surface area contributed by atoms with E-state index in [9.17, 15) is 13.6 Å². The van der Waals surface area contributed by atoms with Crippen LogP contribution in [0.15, 0.2) is 42.5 Å². The first-order valence-corrected chi connectivity index (χ1v) is 7.62. The molecule has 0 fully saturated rings. The molecule has 2 aromatic rings. The third-order valence-electron chi connectivity index (χ3n) is 3.38. The van der Waals surface area contributed by atoms with Gasteiger partial charge in [0.05, 0.1) is 0 Å². The molecule has 1 amide bonds. The third kappa shape index (κ3) is 5.14. The van der Waals surface area contributed by atoms with Crippen molar-refractivity contribution in [3.63, 3.8) is 0 Å². The second-order valence-electron chi connectivity index (χ2n) is 5.30. The first-order chi connectivity index (χ1) is 11.1. The molecule has 0 saturated heterocycles. The molecule has 0 aromatic heterocycles. The lowest BCUT2D eigenvalue weighted by atomic mass is 10.1. The monoisotopic (exact) mass is 318 g/mol. The van der Waals surface area contributed by atoms with E-state index in [1.807, 2.05) is 13.0 Å². The first kappa shape index (κ1) is 17.1. The predicted octanol–water partition coefficient (Wildman–Crippen LogP) is 3.39. The van der Waals surface area contributed by atoms with Crippen molar-refractivity contribution in [2.24, 2.45) is 0 Å². The zero-order chi connectivity index (χ0) is 16.7. The molecule has 0 aliphatic heterocycles. The van der Waals surface area contributed by atoms with E-state index >= 15 is 0 Å². The van der Waals surface area contributed by atoms with E-state index in [0.29, 0.717) is 18.7 Å². The van der Waals surface area contributed by atoms with Crippen molar-refractivity contribution < 1.29 is 13.6 Å². The zero-order valence-electron chi connectivity index (χ0n) is 13.0. The summed E-state index contributed by atoms with van der Waals surface area (Å²) in [5.41, 5.74) is 1.78. The molecule has 0 heterocycles. The average molecular weight is 318 g/mol. The van der Waals surface area contributed by atoms with Crippen molar-refractivity contribution in [1.29, 1.82) is 0 Å². The summed E-state index contributed by atoms with van der Waals surface area (Å²) in [5.74, 6) is -1.01. The van der Waals surface area contributed by atoms with Crippen LogP contribution in [-0.2, 0) is 13.1 Å². The summed E-state index contributed by atoms with van der Waals surface area (Å²) in [6.45, 7) is 3.31. The fraction of sp³-hybridized carbons (Fsp3) is 0.278. The van der Waals surface area contributed by atoms with Crippen LogP contribution in [0.1, 0.15) is 34.8 Å². The molecule has 3 nitrogen and oxygen atoms in total. The van der Waals surface area contributed by atoms with Crippen molar-refractivity contribution in [3.8, 4) is 0 Å². The second-order valence-corrected chi connectivity index (χ2v) is 5.30. The van der Waals surface area contributed by atoms with Crippen molar-refractivity contribution in [2.45, 2.75) is 26.4 Å². The number of nitrogens with one attached hydrogen (secondary N) is 2. The van der Waals surface area contributed by atoms with Crippen molar-refractivity contribution >= 4 is 5.91 Å². The van der Waals surface area contributed by atoms with E-state index < -0.39 is 11.6 Å². The summed E-state index contributed by atoms with van der Waals surface area (Å²) < 4.78 is 26.6. The summed E-state index contributed by atoms with van der Waals surface area (Å²) in [6.07, 6.45) is 0.881. The molecule has 0 bridgehead atoms. The Morgan fingerprint density at radius 1 is 1.09 bits per heavy atom. The van der Waals surface area contributed by atoms with Crippen LogP contribution in [0.4, 0.5) is 8.78 Å². The van der Waals surface area contributed by atoms with Crippen LogP contribution in [0, 0.1) is 11.6 Å². The van der Waals surface area contributed by atoms with Gasteiger partial charge in [-0.05, 0) is 42.3 Å². The lowest BCUT2D eigenvalue weighted by molar-refractivity contribution is 0.0953. The second kappa shape index (κ2) is 8.39. The van der Waals surface area contributed by atoms with Gasteiger partial charge in [0.15, 0.2) is 0 Å². The van der Waals surface area contributed by atoms with E-state index in [0.717, 1.165) is 24.1 Å². The highest BCUT2D eigenvalue weighted by molar-refractivity contribution is 5.94. The average Bonchev–Trinajstić information content (AvgIpc) is 2.56. The third-order valence-corrected chi connectivity index (χ3v) is 3.38. The highest BCUT2D eigenvalue weighted by Gasteiger charge is 2.06. The molecule has 23 heavy (non-hydrogen) atoms. The Bertz CT molecular complexity index is 674. The standard InChI is InChI=1S/C18H20F2N2O/c1-2-8-22-18(23)14-5-3-4-13(9-14)11-21-12-15-10-16(19)6-7-17(15)20/h3-7,9-10,21H,2,8,11-12H2,1H3,(H,22,23). The quantitative estimate of drug-likeness (QED) is 0.821. The van der Waals surface area contributed by atoms with Crippen molar-refractivity contribution in [2.75, 3.05) is 6.54 Å². The molecule has 0 unspecified atom stereocenters. The molecule has 122 valence electrons.